The molecule has 1 aliphatic rings. The van der Waals surface area contributed by atoms with E-state index in [-0.39, 0.29) is 5.69 Å². The molecule has 0 saturated heterocycles. The molecule has 1 amide bonds. The van der Waals surface area contributed by atoms with Gasteiger partial charge in [-0.05, 0) is 24.3 Å². The first-order chi connectivity index (χ1) is 15.1. The van der Waals surface area contributed by atoms with E-state index in [1.165, 1.54) is 10.7 Å². The Morgan fingerprint density at radius 1 is 1.16 bits per heavy atom. The number of amides is 1. The molecule has 5 rings (SSSR count). The molecular formula is C22H20FN7O. The maximum Gasteiger partial charge on any atom is 0.271 e. The number of nitrogens with zero attached hydrogens (tertiary/aromatic N) is 4. The van der Waals surface area contributed by atoms with Gasteiger partial charge in [-0.2, -0.15) is 0 Å². The Labute approximate surface area is 177 Å². The van der Waals surface area contributed by atoms with Crippen LogP contribution in [0.2, 0.25) is 0 Å². The molecule has 3 N–H and O–H groups in total. The minimum absolute atomic E-state index is 0.247. The highest BCUT2D eigenvalue weighted by molar-refractivity contribution is 5.94. The summed E-state index contributed by atoms with van der Waals surface area (Å²) in [7, 11) is 1.77. The van der Waals surface area contributed by atoms with Crippen molar-refractivity contribution in [2.24, 2.45) is 0 Å². The smallest absolute Gasteiger partial charge is 0.271 e. The molecule has 3 aromatic heterocycles. The molecule has 4 aromatic rings. The van der Waals surface area contributed by atoms with Gasteiger partial charge in [0.2, 0.25) is 0 Å². The summed E-state index contributed by atoms with van der Waals surface area (Å²) in [5.41, 5.74) is 4.11. The topological polar surface area (TPSA) is 96.2 Å². The zero-order chi connectivity index (χ0) is 21.4. The van der Waals surface area contributed by atoms with Crippen LogP contribution in [0.25, 0.3) is 16.9 Å². The summed E-state index contributed by atoms with van der Waals surface area (Å²) < 4.78 is 14.7. The lowest BCUT2D eigenvalue weighted by Crippen LogP contribution is -2.28. The summed E-state index contributed by atoms with van der Waals surface area (Å²) in [6, 6.07) is 15.0. The van der Waals surface area contributed by atoms with E-state index in [2.05, 4.69) is 31.0 Å². The Kier molecular flexibility index (Phi) is 4.70. The second-order valence-electron chi connectivity index (χ2n) is 7.32. The number of anilines is 3. The van der Waals surface area contributed by atoms with Gasteiger partial charge in [0.25, 0.3) is 5.91 Å². The van der Waals surface area contributed by atoms with Gasteiger partial charge in [-0.3, -0.25) is 9.78 Å². The molecule has 0 bridgehead atoms. The van der Waals surface area contributed by atoms with E-state index in [0.717, 1.165) is 16.9 Å². The first-order valence-corrected chi connectivity index (χ1v) is 9.92. The molecular weight excluding hydrogens is 397 g/mol. The van der Waals surface area contributed by atoms with Crippen LogP contribution in [0.15, 0.2) is 60.9 Å². The van der Waals surface area contributed by atoms with Crippen LogP contribution in [-0.4, -0.2) is 44.8 Å². The maximum absolute atomic E-state index is 13.2. The fraction of sp³-hybridized carbons (Fsp3) is 0.182. The third-order valence-electron chi connectivity index (χ3n) is 5.09. The predicted octanol–water partition coefficient (Wildman–Crippen LogP) is 3.42. The van der Waals surface area contributed by atoms with Crippen molar-refractivity contribution in [1.82, 2.24) is 24.9 Å². The number of imidazole rings is 1. The van der Waals surface area contributed by atoms with Gasteiger partial charge in [-0.25, -0.2) is 13.9 Å². The number of halogens is 1. The van der Waals surface area contributed by atoms with E-state index in [9.17, 15) is 9.18 Å². The molecule has 2 atom stereocenters. The second kappa shape index (κ2) is 7.67. The zero-order valence-corrected chi connectivity index (χ0v) is 16.7. The Balaban J connectivity index is 1.47. The Morgan fingerprint density at radius 2 is 2.03 bits per heavy atom. The number of aromatic nitrogens is 4. The van der Waals surface area contributed by atoms with Crippen LogP contribution < -0.4 is 16.0 Å². The van der Waals surface area contributed by atoms with E-state index in [1.807, 2.05) is 48.5 Å². The van der Waals surface area contributed by atoms with Gasteiger partial charge in [-0.1, -0.05) is 18.2 Å². The summed E-state index contributed by atoms with van der Waals surface area (Å²) in [6.45, 7) is 0. The monoisotopic (exact) mass is 417 g/mol. The van der Waals surface area contributed by atoms with E-state index in [4.69, 9.17) is 0 Å². The molecule has 0 unspecified atom stereocenters. The summed E-state index contributed by atoms with van der Waals surface area (Å²) in [6.07, 6.45) is 2.56. The lowest BCUT2D eigenvalue weighted by molar-refractivity contribution is 0.0940. The zero-order valence-electron chi connectivity index (χ0n) is 16.7. The summed E-state index contributed by atoms with van der Waals surface area (Å²) in [4.78, 5) is 21.3. The Morgan fingerprint density at radius 3 is 2.77 bits per heavy atom. The van der Waals surface area contributed by atoms with Crippen LogP contribution in [0.4, 0.5) is 21.6 Å². The molecule has 1 fully saturated rings. The number of pyridine rings is 1. The van der Waals surface area contributed by atoms with Crippen LogP contribution in [0.5, 0.6) is 0 Å². The van der Waals surface area contributed by atoms with Crippen molar-refractivity contribution >= 4 is 28.7 Å². The van der Waals surface area contributed by atoms with Crippen molar-refractivity contribution in [3.05, 3.63) is 66.6 Å². The van der Waals surface area contributed by atoms with Crippen molar-refractivity contribution in [3.8, 4) is 11.3 Å². The molecule has 1 aromatic carbocycles. The summed E-state index contributed by atoms with van der Waals surface area (Å²) in [5.74, 6) is 0.123. The minimum Gasteiger partial charge on any atom is -0.385 e. The number of nitrogens with one attached hydrogen (secondary N) is 3. The first kappa shape index (κ1) is 19.0. The van der Waals surface area contributed by atoms with Crippen molar-refractivity contribution in [3.63, 3.8) is 0 Å². The van der Waals surface area contributed by atoms with Crippen molar-refractivity contribution in [2.75, 3.05) is 17.7 Å². The third kappa shape index (κ3) is 3.77. The molecule has 0 aliphatic heterocycles. The quantitative estimate of drug-likeness (QED) is 0.445. The number of fused-ring (bicyclic) bond motifs is 1. The van der Waals surface area contributed by atoms with Gasteiger partial charge in [0.05, 0.1) is 23.6 Å². The molecule has 8 nitrogen and oxygen atoms in total. The van der Waals surface area contributed by atoms with Crippen LogP contribution in [-0.2, 0) is 0 Å². The van der Waals surface area contributed by atoms with Crippen LogP contribution >= 0.6 is 0 Å². The third-order valence-corrected chi connectivity index (χ3v) is 5.09. The highest BCUT2D eigenvalue weighted by atomic mass is 19.1. The highest BCUT2D eigenvalue weighted by Crippen LogP contribution is 2.27. The van der Waals surface area contributed by atoms with E-state index in [0.29, 0.717) is 23.6 Å². The second-order valence-corrected chi connectivity index (χ2v) is 7.32. The van der Waals surface area contributed by atoms with Gasteiger partial charge >= 0.3 is 0 Å². The predicted molar refractivity (Wildman–Crippen MR) is 116 cm³/mol. The summed E-state index contributed by atoms with van der Waals surface area (Å²) >= 11 is 0. The summed E-state index contributed by atoms with van der Waals surface area (Å²) in [5, 5.41) is 13.6. The lowest BCUT2D eigenvalue weighted by atomic mass is 10.1. The Bertz CT molecular complexity index is 1260. The van der Waals surface area contributed by atoms with E-state index >= 15 is 0 Å². The average molecular weight is 417 g/mol. The molecule has 31 heavy (non-hydrogen) atoms. The Hall–Kier alpha value is -4.01. The first-order valence-electron chi connectivity index (χ1n) is 9.92. The number of hydrogen-bond acceptors (Lipinski definition) is 6. The lowest BCUT2D eigenvalue weighted by Gasteiger charge is -2.11. The van der Waals surface area contributed by atoms with E-state index in [1.54, 1.807) is 13.2 Å². The van der Waals surface area contributed by atoms with Gasteiger partial charge in [0.1, 0.15) is 6.17 Å². The van der Waals surface area contributed by atoms with Gasteiger partial charge in [0.15, 0.2) is 17.2 Å². The standard InChI is InChI=1S/C22H20FN7O/c1-24-18-11-20(27-14-6-4-5-13(9-14)16-7-2-3-8-25-16)29-30-19(12-26-21(18)30)22(31)28-17-10-15(17)23/h2-9,11-12,15,17,24H,10H2,1H3,(H,27,29)(H,28,31)/t15-,17+/m0/s1. The molecule has 9 heteroatoms. The van der Waals surface area contributed by atoms with Gasteiger partial charge < -0.3 is 16.0 Å². The largest absolute Gasteiger partial charge is 0.385 e. The van der Waals surface area contributed by atoms with Crippen LogP contribution in [0, 0.1) is 0 Å². The van der Waals surface area contributed by atoms with E-state index < -0.39 is 18.1 Å². The maximum atomic E-state index is 13.2. The number of alkyl halides is 1. The fourth-order valence-electron chi connectivity index (χ4n) is 3.36. The average Bonchev–Trinajstić information content (AvgIpc) is 3.31. The fourth-order valence-corrected chi connectivity index (χ4v) is 3.36. The number of carbonyl (C=O) groups excluding carboxylic acids is 1. The molecule has 1 saturated carbocycles. The molecule has 3 heterocycles. The normalized spacial score (nSPS) is 17.4. The van der Waals surface area contributed by atoms with Crippen molar-refractivity contribution < 1.29 is 9.18 Å². The number of rotatable bonds is 6. The van der Waals surface area contributed by atoms with Gasteiger partial charge in [0, 0.05) is 37.0 Å². The van der Waals surface area contributed by atoms with Crippen molar-refractivity contribution in [1.29, 1.82) is 0 Å². The molecule has 156 valence electrons. The SMILES string of the molecule is CNc1cc(Nc2cccc(-c3ccccn3)c2)nn2c(C(=O)N[C@@H]3C[C@@H]3F)cnc12. The molecule has 1 aliphatic carbocycles. The number of hydrogen-bond donors (Lipinski definition) is 3. The number of carbonyl (C=O) groups is 1. The van der Waals surface area contributed by atoms with Crippen molar-refractivity contribution in [2.45, 2.75) is 18.6 Å². The molecule has 0 radical (unpaired) electrons. The van der Waals surface area contributed by atoms with Crippen LogP contribution in [0.1, 0.15) is 16.9 Å². The number of benzene rings is 1. The van der Waals surface area contributed by atoms with Crippen LogP contribution in [0.3, 0.4) is 0 Å². The minimum atomic E-state index is -0.979. The molecule has 0 spiro atoms. The highest BCUT2D eigenvalue weighted by Gasteiger charge is 2.39. The van der Waals surface area contributed by atoms with Gasteiger partial charge in [-0.15, -0.1) is 5.10 Å².